The van der Waals surface area contributed by atoms with E-state index >= 15 is 0 Å². The second-order valence-corrected chi connectivity index (χ2v) is 9.68. The van der Waals surface area contributed by atoms with Crippen molar-refractivity contribution in [3.05, 3.63) is 71.9 Å². The summed E-state index contributed by atoms with van der Waals surface area (Å²) in [6.07, 6.45) is 6.27. The minimum atomic E-state index is -0.725. The van der Waals surface area contributed by atoms with Crippen molar-refractivity contribution >= 4 is 22.7 Å². The average Bonchev–Trinajstić information content (AvgIpc) is 3.67. The van der Waals surface area contributed by atoms with Gasteiger partial charge in [-0.25, -0.2) is 0 Å². The largest absolute Gasteiger partial charge is 0.454 e. The number of fused-ring (bicyclic) bond motifs is 3. The Kier molecular flexibility index (Phi) is 4.48. The number of nitrogens with one attached hydrogen (secondary N) is 2. The molecule has 2 aromatic carbocycles. The monoisotopic (exact) mass is 471 g/mol. The molecular formula is C27H25N3O5. The lowest BCUT2D eigenvalue weighted by molar-refractivity contribution is -0.137. The number of nitrogens with zero attached hydrogens (tertiary/aromatic N) is 1. The molecule has 2 fully saturated rings. The molecule has 8 heteroatoms. The second-order valence-electron chi connectivity index (χ2n) is 9.68. The highest BCUT2D eigenvalue weighted by Gasteiger charge is 2.66. The van der Waals surface area contributed by atoms with Crippen LogP contribution in [-0.4, -0.2) is 53.3 Å². The van der Waals surface area contributed by atoms with Crippen LogP contribution in [0, 0.1) is 11.8 Å². The Balaban J connectivity index is 1.04. The van der Waals surface area contributed by atoms with Gasteiger partial charge in [-0.05, 0) is 35.7 Å². The number of likely N-dealkylation sites (tertiary alicyclic amines) is 1. The van der Waals surface area contributed by atoms with E-state index in [0.717, 1.165) is 22.0 Å². The highest BCUT2D eigenvalue weighted by Crippen LogP contribution is 2.52. The molecular weight excluding hydrogens is 446 g/mol. The van der Waals surface area contributed by atoms with E-state index in [1.54, 1.807) is 4.90 Å². The van der Waals surface area contributed by atoms with Crippen molar-refractivity contribution in [3.8, 4) is 11.5 Å². The fraction of sp³-hybridized carbons (Fsp3) is 0.333. The molecule has 5 heterocycles. The Morgan fingerprint density at radius 3 is 3.00 bits per heavy atom. The number of hydrogen-bond acceptors (Lipinski definition) is 5. The van der Waals surface area contributed by atoms with Crippen LogP contribution >= 0.6 is 0 Å². The van der Waals surface area contributed by atoms with E-state index in [0.29, 0.717) is 37.6 Å². The van der Waals surface area contributed by atoms with Crippen molar-refractivity contribution in [1.29, 1.82) is 0 Å². The summed E-state index contributed by atoms with van der Waals surface area (Å²) in [5.41, 5.74) is 2.48. The number of carbonyl (C=O) groups excluding carboxylic acids is 2. The number of H-pyrrole nitrogens is 1. The fourth-order valence-electron chi connectivity index (χ4n) is 6.05. The van der Waals surface area contributed by atoms with Crippen LogP contribution in [0.5, 0.6) is 11.5 Å². The first kappa shape index (κ1) is 20.6. The number of ether oxygens (including phenoxy) is 3. The van der Waals surface area contributed by atoms with E-state index in [4.69, 9.17) is 14.2 Å². The number of carbonyl (C=O) groups is 2. The van der Waals surface area contributed by atoms with Gasteiger partial charge in [-0.3, -0.25) is 9.59 Å². The van der Waals surface area contributed by atoms with Gasteiger partial charge >= 0.3 is 0 Å². The SMILES string of the molecule is O=C(NCCc1c[nH]c2ccccc12)[C@@H]1[C@@H]2C=C[C@@]3(CN(Cc4ccc5c(c4)OCO5)C(=O)[C@@H]13)O2. The van der Waals surface area contributed by atoms with Crippen molar-refractivity contribution in [3.63, 3.8) is 0 Å². The smallest absolute Gasteiger partial charge is 0.231 e. The van der Waals surface area contributed by atoms with Crippen LogP contribution in [0.25, 0.3) is 10.9 Å². The molecule has 0 aliphatic carbocycles. The molecule has 2 bridgehead atoms. The number of aromatic amines is 1. The molecule has 2 saturated heterocycles. The average molecular weight is 472 g/mol. The number of aromatic nitrogens is 1. The van der Waals surface area contributed by atoms with E-state index in [9.17, 15) is 9.59 Å². The normalized spacial score (nSPS) is 27.7. The van der Waals surface area contributed by atoms with Crippen molar-refractivity contribution in [1.82, 2.24) is 15.2 Å². The van der Waals surface area contributed by atoms with E-state index in [1.165, 1.54) is 0 Å². The van der Waals surface area contributed by atoms with E-state index < -0.39 is 17.4 Å². The summed E-state index contributed by atoms with van der Waals surface area (Å²) in [5, 5.41) is 4.23. The van der Waals surface area contributed by atoms with E-state index in [2.05, 4.69) is 16.4 Å². The highest BCUT2D eigenvalue weighted by atomic mass is 16.7. The lowest BCUT2D eigenvalue weighted by atomic mass is 9.77. The van der Waals surface area contributed by atoms with Crippen LogP contribution in [0.15, 0.2) is 60.8 Å². The number of amides is 2. The van der Waals surface area contributed by atoms with Gasteiger partial charge in [0.2, 0.25) is 18.6 Å². The summed E-state index contributed by atoms with van der Waals surface area (Å²) < 4.78 is 17.1. The Morgan fingerprint density at radius 2 is 2.06 bits per heavy atom. The van der Waals surface area contributed by atoms with Crippen LogP contribution in [0.1, 0.15) is 11.1 Å². The first-order valence-electron chi connectivity index (χ1n) is 12.0. The number of para-hydroxylation sites is 1. The molecule has 35 heavy (non-hydrogen) atoms. The Bertz CT molecular complexity index is 1380. The maximum atomic E-state index is 13.5. The molecule has 2 N–H and O–H groups in total. The van der Waals surface area contributed by atoms with Gasteiger partial charge in [0.05, 0.1) is 24.5 Å². The van der Waals surface area contributed by atoms with Crippen LogP contribution in [-0.2, 0) is 27.3 Å². The van der Waals surface area contributed by atoms with Crippen molar-refractivity contribution in [2.75, 3.05) is 19.9 Å². The lowest BCUT2D eigenvalue weighted by Gasteiger charge is -2.23. The molecule has 0 unspecified atom stereocenters. The van der Waals surface area contributed by atoms with Crippen molar-refractivity contribution in [2.24, 2.45) is 11.8 Å². The molecule has 1 aromatic heterocycles. The summed E-state index contributed by atoms with van der Waals surface area (Å²) in [5.74, 6) is 0.232. The molecule has 4 aliphatic heterocycles. The van der Waals surface area contributed by atoms with Gasteiger partial charge < -0.3 is 29.4 Å². The van der Waals surface area contributed by atoms with Gasteiger partial charge in [0, 0.05) is 30.2 Å². The molecule has 4 aliphatic rings. The van der Waals surface area contributed by atoms with Crippen molar-refractivity contribution < 1.29 is 23.8 Å². The summed E-state index contributed by atoms with van der Waals surface area (Å²) in [6, 6.07) is 13.8. The zero-order valence-electron chi connectivity index (χ0n) is 19.0. The molecule has 3 aromatic rings. The second kappa shape index (κ2) is 7.61. The summed E-state index contributed by atoms with van der Waals surface area (Å²) in [7, 11) is 0. The lowest BCUT2D eigenvalue weighted by Crippen LogP contribution is -2.44. The zero-order valence-corrected chi connectivity index (χ0v) is 19.0. The topological polar surface area (TPSA) is 92.9 Å². The Morgan fingerprint density at radius 1 is 1.17 bits per heavy atom. The predicted molar refractivity (Wildman–Crippen MR) is 127 cm³/mol. The van der Waals surface area contributed by atoms with Gasteiger partial charge in [0.25, 0.3) is 0 Å². The third-order valence-electron chi connectivity index (χ3n) is 7.66. The molecule has 0 radical (unpaired) electrons. The van der Waals surface area contributed by atoms with E-state index in [1.807, 2.05) is 54.7 Å². The van der Waals surface area contributed by atoms with Crippen LogP contribution in [0.2, 0.25) is 0 Å². The predicted octanol–water partition coefficient (Wildman–Crippen LogP) is 2.54. The van der Waals surface area contributed by atoms with E-state index in [-0.39, 0.29) is 24.7 Å². The minimum absolute atomic E-state index is 0.0358. The molecule has 2 amide bonds. The van der Waals surface area contributed by atoms with Gasteiger partial charge in [-0.2, -0.15) is 0 Å². The van der Waals surface area contributed by atoms with Crippen LogP contribution in [0.4, 0.5) is 0 Å². The highest BCUT2D eigenvalue weighted by molar-refractivity contribution is 5.93. The van der Waals surface area contributed by atoms with Gasteiger partial charge in [0.15, 0.2) is 11.5 Å². The quantitative estimate of drug-likeness (QED) is 0.539. The molecule has 7 rings (SSSR count). The van der Waals surface area contributed by atoms with Gasteiger partial charge in [0.1, 0.15) is 5.60 Å². The van der Waals surface area contributed by atoms with Crippen LogP contribution < -0.4 is 14.8 Å². The molecule has 178 valence electrons. The number of benzene rings is 2. The summed E-state index contributed by atoms with van der Waals surface area (Å²) in [4.78, 5) is 31.8. The molecule has 1 spiro atoms. The zero-order chi connectivity index (χ0) is 23.6. The molecule has 0 saturated carbocycles. The van der Waals surface area contributed by atoms with Crippen LogP contribution in [0.3, 0.4) is 0 Å². The molecule has 4 atom stereocenters. The Hall–Kier alpha value is -3.78. The number of hydrogen-bond donors (Lipinski definition) is 2. The maximum Gasteiger partial charge on any atom is 0.231 e. The van der Waals surface area contributed by atoms with Gasteiger partial charge in [-0.1, -0.05) is 36.4 Å². The third-order valence-corrected chi connectivity index (χ3v) is 7.66. The summed E-state index contributed by atoms with van der Waals surface area (Å²) in [6.45, 7) is 1.59. The first-order chi connectivity index (χ1) is 17.1. The first-order valence-corrected chi connectivity index (χ1v) is 12.0. The third kappa shape index (κ3) is 3.16. The van der Waals surface area contributed by atoms with Gasteiger partial charge in [-0.15, -0.1) is 0 Å². The summed E-state index contributed by atoms with van der Waals surface area (Å²) >= 11 is 0. The Labute approximate surface area is 201 Å². The number of rotatable bonds is 6. The maximum absolute atomic E-state index is 13.5. The van der Waals surface area contributed by atoms with Crippen molar-refractivity contribution in [2.45, 2.75) is 24.7 Å². The molecule has 8 nitrogen and oxygen atoms in total. The fourth-order valence-corrected chi connectivity index (χ4v) is 6.05. The standard InChI is InChI=1S/C27H25N3O5/c31-25(28-10-8-17-12-29-19-4-2-1-3-18(17)19)23-21-7-9-27(35-21)14-30(26(32)24(23)27)13-16-5-6-20-22(11-16)34-15-33-20/h1-7,9,11-12,21,23-24,29H,8,10,13-15H2,(H,28,31)/t21-,23+,24+,27-/m0/s1. The minimum Gasteiger partial charge on any atom is -0.454 e.